The zero-order valence-electron chi connectivity index (χ0n) is 10.1. The first kappa shape index (κ1) is 12.1. The van der Waals surface area contributed by atoms with E-state index < -0.39 is 9.84 Å². The summed E-state index contributed by atoms with van der Waals surface area (Å²) in [4.78, 5) is 0. The van der Waals surface area contributed by atoms with Gasteiger partial charge in [-0.15, -0.1) is 5.10 Å². The van der Waals surface area contributed by atoms with Gasteiger partial charge in [-0.1, -0.05) is 12.1 Å². The summed E-state index contributed by atoms with van der Waals surface area (Å²) in [6.45, 7) is 0. The van der Waals surface area contributed by atoms with Crippen LogP contribution in [0.1, 0.15) is 12.5 Å². The van der Waals surface area contributed by atoms with Gasteiger partial charge in [-0.2, -0.15) is 0 Å². The van der Waals surface area contributed by atoms with Crippen molar-refractivity contribution < 1.29 is 8.42 Å². The maximum absolute atomic E-state index is 11.5. The Kier molecular flexibility index (Phi) is 2.74. The number of hydrogen-bond acceptors (Lipinski definition) is 6. The van der Waals surface area contributed by atoms with E-state index in [-0.39, 0.29) is 17.5 Å². The number of nitrogens with two attached hydrogens (primary N) is 1. The van der Waals surface area contributed by atoms with Crippen molar-refractivity contribution in [3.63, 3.8) is 0 Å². The van der Waals surface area contributed by atoms with Gasteiger partial charge in [0.15, 0.2) is 15.7 Å². The van der Waals surface area contributed by atoms with Crippen LogP contribution in [0.3, 0.4) is 0 Å². The Morgan fingerprint density at radius 1 is 1.37 bits per heavy atom. The molecule has 1 atom stereocenters. The summed E-state index contributed by atoms with van der Waals surface area (Å²) >= 11 is 0. The van der Waals surface area contributed by atoms with Gasteiger partial charge in [-0.05, 0) is 29.0 Å². The molecule has 1 aromatic carbocycles. The SMILES string of the molecule is Nc1cccc(-c2nnnn2C2CCS(=O)(=O)C2)c1. The van der Waals surface area contributed by atoms with Crippen LogP contribution in [0.5, 0.6) is 0 Å². The highest BCUT2D eigenvalue weighted by atomic mass is 32.2. The number of sulfone groups is 1. The Labute approximate surface area is 110 Å². The van der Waals surface area contributed by atoms with Crippen molar-refractivity contribution in [2.24, 2.45) is 0 Å². The lowest BCUT2D eigenvalue weighted by molar-refractivity contribution is 0.489. The van der Waals surface area contributed by atoms with Crippen molar-refractivity contribution in [2.75, 3.05) is 17.2 Å². The minimum absolute atomic E-state index is 0.0906. The molecule has 19 heavy (non-hydrogen) atoms. The van der Waals surface area contributed by atoms with Gasteiger partial charge in [-0.25, -0.2) is 13.1 Å². The molecule has 0 aliphatic carbocycles. The third-order valence-corrected chi connectivity index (χ3v) is 4.94. The zero-order valence-corrected chi connectivity index (χ0v) is 10.9. The van der Waals surface area contributed by atoms with Crippen molar-refractivity contribution in [1.29, 1.82) is 0 Å². The lowest BCUT2D eigenvalue weighted by Gasteiger charge is -2.10. The fourth-order valence-corrected chi connectivity index (χ4v) is 3.97. The van der Waals surface area contributed by atoms with Gasteiger partial charge in [0.05, 0.1) is 17.5 Å². The van der Waals surface area contributed by atoms with E-state index in [0.717, 1.165) is 5.56 Å². The number of anilines is 1. The number of nitrogens with zero attached hydrogens (tertiary/aromatic N) is 4. The van der Waals surface area contributed by atoms with Crippen LogP contribution in [0.2, 0.25) is 0 Å². The summed E-state index contributed by atoms with van der Waals surface area (Å²) in [6, 6.07) is 7.01. The molecule has 1 aromatic heterocycles. The predicted octanol–water partition coefficient (Wildman–Crippen LogP) is 0.282. The van der Waals surface area contributed by atoms with Crippen LogP contribution in [-0.2, 0) is 9.84 Å². The molecule has 2 aromatic rings. The number of aromatic nitrogens is 4. The van der Waals surface area contributed by atoms with Gasteiger partial charge in [0.1, 0.15) is 0 Å². The fraction of sp³-hybridized carbons (Fsp3) is 0.364. The number of benzene rings is 1. The second kappa shape index (κ2) is 4.30. The molecule has 0 saturated carbocycles. The normalized spacial score (nSPS) is 21.6. The topological polar surface area (TPSA) is 104 Å². The van der Waals surface area contributed by atoms with Gasteiger partial charge in [0.25, 0.3) is 0 Å². The molecule has 1 saturated heterocycles. The van der Waals surface area contributed by atoms with E-state index in [1.807, 2.05) is 12.1 Å². The first-order valence-corrected chi connectivity index (χ1v) is 7.71. The Balaban J connectivity index is 2.00. The third kappa shape index (κ3) is 2.30. The molecular weight excluding hydrogens is 266 g/mol. The molecular formula is C11H13N5O2S. The number of hydrogen-bond donors (Lipinski definition) is 1. The molecule has 100 valence electrons. The van der Waals surface area contributed by atoms with E-state index >= 15 is 0 Å². The molecule has 1 fully saturated rings. The van der Waals surface area contributed by atoms with Crippen molar-refractivity contribution in [2.45, 2.75) is 12.5 Å². The maximum Gasteiger partial charge on any atom is 0.182 e. The Hall–Kier alpha value is -1.96. The largest absolute Gasteiger partial charge is 0.399 e. The van der Waals surface area contributed by atoms with Gasteiger partial charge >= 0.3 is 0 Å². The number of nitrogen functional groups attached to an aromatic ring is 1. The molecule has 0 radical (unpaired) electrons. The molecule has 1 unspecified atom stereocenters. The molecule has 0 bridgehead atoms. The van der Waals surface area contributed by atoms with Crippen LogP contribution in [0, 0.1) is 0 Å². The lowest BCUT2D eigenvalue weighted by Crippen LogP contribution is -2.14. The fourth-order valence-electron chi connectivity index (χ4n) is 2.28. The van der Waals surface area contributed by atoms with Crippen LogP contribution in [0.15, 0.2) is 24.3 Å². The van der Waals surface area contributed by atoms with Crippen molar-refractivity contribution in [1.82, 2.24) is 20.2 Å². The molecule has 7 nitrogen and oxygen atoms in total. The smallest absolute Gasteiger partial charge is 0.182 e. The minimum Gasteiger partial charge on any atom is -0.399 e. The molecule has 1 aliphatic rings. The molecule has 1 aliphatic heterocycles. The molecule has 2 heterocycles. The van der Waals surface area contributed by atoms with Gasteiger partial charge in [-0.3, -0.25) is 0 Å². The molecule has 0 spiro atoms. The van der Waals surface area contributed by atoms with Crippen molar-refractivity contribution in [3.8, 4) is 11.4 Å². The van der Waals surface area contributed by atoms with Crippen molar-refractivity contribution in [3.05, 3.63) is 24.3 Å². The Bertz CT molecular complexity index is 709. The third-order valence-electron chi connectivity index (χ3n) is 3.19. The van der Waals surface area contributed by atoms with Crippen LogP contribution in [0.25, 0.3) is 11.4 Å². The van der Waals surface area contributed by atoms with Gasteiger partial charge < -0.3 is 5.73 Å². The van der Waals surface area contributed by atoms with Crippen molar-refractivity contribution >= 4 is 15.5 Å². The van der Waals surface area contributed by atoms with E-state index in [0.29, 0.717) is 17.9 Å². The average molecular weight is 279 g/mol. The summed E-state index contributed by atoms with van der Waals surface area (Å²) in [5.41, 5.74) is 7.14. The second-order valence-electron chi connectivity index (χ2n) is 4.63. The Morgan fingerprint density at radius 3 is 2.89 bits per heavy atom. The zero-order chi connectivity index (χ0) is 13.5. The highest BCUT2D eigenvalue weighted by Gasteiger charge is 2.31. The molecule has 8 heteroatoms. The van der Waals surface area contributed by atoms with Crippen LogP contribution >= 0.6 is 0 Å². The van der Waals surface area contributed by atoms with E-state index in [4.69, 9.17) is 5.73 Å². The van der Waals surface area contributed by atoms with E-state index in [9.17, 15) is 8.42 Å². The van der Waals surface area contributed by atoms with E-state index in [1.165, 1.54) is 0 Å². The van der Waals surface area contributed by atoms with Gasteiger partial charge in [0.2, 0.25) is 0 Å². The number of tetrazole rings is 1. The second-order valence-corrected chi connectivity index (χ2v) is 6.86. The summed E-state index contributed by atoms with van der Waals surface area (Å²) < 4.78 is 24.7. The van der Waals surface area contributed by atoms with Gasteiger partial charge in [0, 0.05) is 11.3 Å². The first-order chi connectivity index (χ1) is 9.05. The highest BCUT2D eigenvalue weighted by Crippen LogP contribution is 2.27. The molecule has 0 amide bonds. The summed E-state index contributed by atoms with van der Waals surface area (Å²) in [5.74, 6) is 0.829. The van der Waals surface area contributed by atoms with Crippen LogP contribution in [0.4, 0.5) is 5.69 Å². The standard InChI is InChI=1S/C11H13N5O2S/c12-9-3-1-2-8(6-9)11-13-14-15-16(11)10-4-5-19(17,18)7-10/h1-3,6,10H,4-5,7,12H2. The first-order valence-electron chi connectivity index (χ1n) is 5.89. The summed E-state index contributed by atoms with van der Waals surface area (Å²) in [7, 11) is -2.97. The summed E-state index contributed by atoms with van der Waals surface area (Å²) in [5, 5.41) is 11.5. The summed E-state index contributed by atoms with van der Waals surface area (Å²) in [6.07, 6.45) is 0.544. The lowest BCUT2D eigenvalue weighted by atomic mass is 10.2. The quantitative estimate of drug-likeness (QED) is 0.792. The minimum atomic E-state index is -2.97. The van der Waals surface area contributed by atoms with E-state index in [1.54, 1.807) is 16.8 Å². The molecule has 2 N–H and O–H groups in total. The average Bonchev–Trinajstić information content (AvgIpc) is 2.95. The number of rotatable bonds is 2. The molecule has 3 rings (SSSR count). The van der Waals surface area contributed by atoms with Crippen LogP contribution in [-0.4, -0.2) is 40.1 Å². The monoisotopic (exact) mass is 279 g/mol. The highest BCUT2D eigenvalue weighted by molar-refractivity contribution is 7.91. The predicted molar refractivity (Wildman–Crippen MR) is 70.0 cm³/mol. The maximum atomic E-state index is 11.5. The van der Waals surface area contributed by atoms with Crippen LogP contribution < -0.4 is 5.73 Å². The van der Waals surface area contributed by atoms with E-state index in [2.05, 4.69) is 15.5 Å². The Morgan fingerprint density at radius 2 is 2.21 bits per heavy atom.